The molecule has 138 valence electrons. The maximum absolute atomic E-state index is 13.4. The summed E-state index contributed by atoms with van der Waals surface area (Å²) in [5.74, 6) is 0. The highest BCUT2D eigenvalue weighted by Gasteiger charge is 2.34. The molecule has 0 spiro atoms. The second-order valence-corrected chi connectivity index (χ2v) is 7.45. The number of alkyl halides is 3. The first-order chi connectivity index (χ1) is 13.3. The molecule has 0 N–H and O–H groups in total. The van der Waals surface area contributed by atoms with E-state index in [1.54, 1.807) is 12.1 Å². The van der Waals surface area contributed by atoms with Gasteiger partial charge in [-0.25, -0.2) is 0 Å². The summed E-state index contributed by atoms with van der Waals surface area (Å²) in [6, 6.07) is 22.0. The van der Waals surface area contributed by atoms with Crippen LogP contribution < -0.4 is 0 Å². The Labute approximate surface area is 160 Å². The number of hydrogen-bond acceptors (Lipinski definition) is 0. The third-order valence-electron chi connectivity index (χ3n) is 5.66. The summed E-state index contributed by atoms with van der Waals surface area (Å²) in [5, 5.41) is 6.94. The molecule has 0 aliphatic rings. The zero-order chi connectivity index (χ0) is 19.6. The molecule has 5 rings (SSSR count). The van der Waals surface area contributed by atoms with Crippen molar-refractivity contribution in [3.8, 4) is 11.1 Å². The molecule has 0 saturated heterocycles. The van der Waals surface area contributed by atoms with Crippen molar-refractivity contribution in [2.45, 2.75) is 20.0 Å². The van der Waals surface area contributed by atoms with E-state index >= 15 is 0 Å². The van der Waals surface area contributed by atoms with Crippen molar-refractivity contribution in [3.05, 3.63) is 83.4 Å². The number of rotatable bonds is 1. The van der Waals surface area contributed by atoms with Gasteiger partial charge in [-0.2, -0.15) is 13.2 Å². The van der Waals surface area contributed by atoms with Crippen LogP contribution in [0.5, 0.6) is 0 Å². The second kappa shape index (κ2) is 5.71. The molecule has 28 heavy (non-hydrogen) atoms. The van der Waals surface area contributed by atoms with Crippen molar-refractivity contribution in [2.75, 3.05) is 0 Å². The minimum Gasteiger partial charge on any atom is -0.166 e. The molecule has 0 amide bonds. The van der Waals surface area contributed by atoms with E-state index in [1.165, 1.54) is 35.4 Å². The van der Waals surface area contributed by atoms with Crippen LogP contribution in [0, 0.1) is 13.8 Å². The first kappa shape index (κ1) is 17.1. The first-order valence-corrected chi connectivity index (χ1v) is 9.20. The van der Waals surface area contributed by atoms with Crippen molar-refractivity contribution in [2.24, 2.45) is 0 Å². The summed E-state index contributed by atoms with van der Waals surface area (Å²) in [6.45, 7) is 3.07. The van der Waals surface area contributed by atoms with Crippen LogP contribution in [0.3, 0.4) is 0 Å². The van der Waals surface area contributed by atoms with Crippen LogP contribution in [-0.4, -0.2) is 0 Å². The highest BCUT2D eigenvalue weighted by atomic mass is 19.4. The fourth-order valence-electron chi connectivity index (χ4n) is 4.55. The Morgan fingerprint density at radius 3 is 1.79 bits per heavy atom. The zero-order valence-corrected chi connectivity index (χ0v) is 15.5. The Balaban J connectivity index is 1.85. The fourth-order valence-corrected chi connectivity index (χ4v) is 4.55. The lowest BCUT2D eigenvalue weighted by atomic mass is 9.88. The minimum atomic E-state index is -4.34. The molecule has 3 heteroatoms. The number of hydrogen-bond donors (Lipinski definition) is 0. The lowest BCUT2D eigenvalue weighted by Gasteiger charge is -2.18. The Morgan fingerprint density at radius 1 is 0.643 bits per heavy atom. The van der Waals surface area contributed by atoms with Gasteiger partial charge in [-0.05, 0) is 68.4 Å². The monoisotopic (exact) mass is 374 g/mol. The molecule has 0 aliphatic carbocycles. The fraction of sp³-hybridized carbons (Fsp3) is 0.120. The average Bonchev–Trinajstić information content (AvgIpc) is 2.64. The SMILES string of the molecule is Cc1cc(-c2ccc3ccc4cccc5ccc2c3c45)cc(C)c1C(F)(F)F. The maximum Gasteiger partial charge on any atom is 0.416 e. The van der Waals surface area contributed by atoms with Gasteiger partial charge in [0.05, 0.1) is 5.56 Å². The number of halogens is 3. The summed E-state index contributed by atoms with van der Waals surface area (Å²) in [4.78, 5) is 0. The molecule has 0 atom stereocenters. The quantitative estimate of drug-likeness (QED) is 0.262. The van der Waals surface area contributed by atoms with Crippen LogP contribution >= 0.6 is 0 Å². The van der Waals surface area contributed by atoms with E-state index in [0.717, 1.165) is 21.9 Å². The van der Waals surface area contributed by atoms with Crippen molar-refractivity contribution >= 4 is 32.3 Å². The highest BCUT2D eigenvalue weighted by Crippen LogP contribution is 2.41. The van der Waals surface area contributed by atoms with Gasteiger partial charge < -0.3 is 0 Å². The lowest BCUT2D eigenvalue weighted by molar-refractivity contribution is -0.138. The molecular weight excluding hydrogens is 357 g/mol. The van der Waals surface area contributed by atoms with Crippen LogP contribution in [0.25, 0.3) is 43.4 Å². The van der Waals surface area contributed by atoms with E-state index in [9.17, 15) is 13.2 Å². The summed E-state index contributed by atoms with van der Waals surface area (Å²) in [6.07, 6.45) is -4.34. The van der Waals surface area contributed by atoms with Gasteiger partial charge in [-0.3, -0.25) is 0 Å². The van der Waals surface area contributed by atoms with Crippen LogP contribution in [0.2, 0.25) is 0 Å². The predicted octanol–water partition coefficient (Wildman–Crippen LogP) is 7.89. The smallest absolute Gasteiger partial charge is 0.166 e. The van der Waals surface area contributed by atoms with Crippen LogP contribution in [0.15, 0.2) is 66.7 Å². The van der Waals surface area contributed by atoms with Crippen molar-refractivity contribution in [1.29, 1.82) is 0 Å². The molecule has 0 heterocycles. The normalized spacial score (nSPS) is 12.5. The van der Waals surface area contributed by atoms with Gasteiger partial charge in [0, 0.05) is 0 Å². The minimum absolute atomic E-state index is 0.258. The van der Waals surface area contributed by atoms with Gasteiger partial charge in [0.15, 0.2) is 0 Å². The van der Waals surface area contributed by atoms with Gasteiger partial charge in [0.2, 0.25) is 0 Å². The molecule has 0 aromatic heterocycles. The molecule has 0 saturated carbocycles. The summed E-state index contributed by atoms with van der Waals surface area (Å²) in [5.41, 5.74) is 1.77. The maximum atomic E-state index is 13.4. The van der Waals surface area contributed by atoms with E-state index in [4.69, 9.17) is 0 Å². The summed E-state index contributed by atoms with van der Waals surface area (Å²) in [7, 11) is 0. The van der Waals surface area contributed by atoms with E-state index in [1.807, 2.05) is 12.1 Å². The summed E-state index contributed by atoms with van der Waals surface area (Å²) >= 11 is 0. The average molecular weight is 374 g/mol. The largest absolute Gasteiger partial charge is 0.416 e. The summed E-state index contributed by atoms with van der Waals surface area (Å²) < 4.78 is 40.1. The molecule has 0 aliphatic heterocycles. The first-order valence-electron chi connectivity index (χ1n) is 9.20. The molecule has 0 fully saturated rings. The Hall–Kier alpha value is -3.07. The molecule has 0 radical (unpaired) electrons. The number of aryl methyl sites for hydroxylation is 2. The van der Waals surface area contributed by atoms with Crippen molar-refractivity contribution < 1.29 is 13.2 Å². The van der Waals surface area contributed by atoms with Gasteiger partial charge in [-0.1, -0.05) is 66.7 Å². The van der Waals surface area contributed by atoms with E-state index in [0.29, 0.717) is 0 Å². The molecule has 5 aromatic rings. The predicted molar refractivity (Wildman–Crippen MR) is 110 cm³/mol. The van der Waals surface area contributed by atoms with Crippen molar-refractivity contribution in [1.82, 2.24) is 0 Å². The van der Waals surface area contributed by atoms with Gasteiger partial charge >= 0.3 is 6.18 Å². The topological polar surface area (TPSA) is 0 Å². The zero-order valence-electron chi connectivity index (χ0n) is 15.5. The number of benzene rings is 5. The Kier molecular flexibility index (Phi) is 3.48. The third-order valence-corrected chi connectivity index (χ3v) is 5.66. The van der Waals surface area contributed by atoms with Crippen LogP contribution in [0.4, 0.5) is 13.2 Å². The van der Waals surface area contributed by atoms with Crippen molar-refractivity contribution in [3.63, 3.8) is 0 Å². The Bertz CT molecular complexity index is 1320. The molecule has 0 bridgehead atoms. The van der Waals surface area contributed by atoms with Gasteiger partial charge in [0.25, 0.3) is 0 Å². The van der Waals surface area contributed by atoms with Gasteiger partial charge in [-0.15, -0.1) is 0 Å². The Morgan fingerprint density at radius 2 is 1.18 bits per heavy atom. The lowest BCUT2D eigenvalue weighted by Crippen LogP contribution is -2.10. The van der Waals surface area contributed by atoms with Gasteiger partial charge in [0.1, 0.15) is 0 Å². The highest BCUT2D eigenvalue weighted by molar-refractivity contribution is 6.25. The third kappa shape index (κ3) is 2.39. The van der Waals surface area contributed by atoms with E-state index in [-0.39, 0.29) is 11.1 Å². The molecule has 0 nitrogen and oxygen atoms in total. The van der Waals surface area contributed by atoms with E-state index in [2.05, 4.69) is 42.5 Å². The molecule has 0 unspecified atom stereocenters. The van der Waals surface area contributed by atoms with E-state index < -0.39 is 11.7 Å². The van der Waals surface area contributed by atoms with Crippen LogP contribution in [-0.2, 0) is 6.18 Å². The molecule has 5 aromatic carbocycles. The molecular formula is C25H17F3. The standard InChI is InChI=1S/C25H17F3/c1-14-12-19(13-15(2)24(14)25(26,27)28)20-10-8-18-7-6-16-4-3-5-17-9-11-21(20)23(18)22(16)17/h3-13H,1-2H3. The second-order valence-electron chi connectivity index (χ2n) is 7.45. The van der Waals surface area contributed by atoms with Crippen LogP contribution in [0.1, 0.15) is 16.7 Å².